The molecule has 6 heteroatoms. The third-order valence-electron chi connectivity index (χ3n) is 4.24. The van der Waals surface area contributed by atoms with Gasteiger partial charge in [0.1, 0.15) is 24.0 Å². The fourth-order valence-electron chi connectivity index (χ4n) is 2.80. The van der Waals surface area contributed by atoms with Crippen molar-refractivity contribution in [2.75, 3.05) is 6.54 Å². The molecule has 0 saturated heterocycles. The molecule has 0 spiro atoms. The number of esters is 1. The molecule has 4 N–H and O–H groups in total. The van der Waals surface area contributed by atoms with Crippen LogP contribution in [0, 0.1) is 0 Å². The zero-order valence-electron chi connectivity index (χ0n) is 13.5. The van der Waals surface area contributed by atoms with E-state index >= 15 is 0 Å². The second-order valence-electron chi connectivity index (χ2n) is 6.09. The number of quaternary nitrogens is 1. The number of hydrogen-bond donors (Lipinski definition) is 3. The Hall–Kier alpha value is -1.30. The first kappa shape index (κ1) is 19.7. The number of rotatable bonds is 6. The second-order valence-corrected chi connectivity index (χ2v) is 6.09. The Bertz CT molecular complexity index is 474. The van der Waals surface area contributed by atoms with Crippen LogP contribution in [0.2, 0.25) is 0 Å². The molecule has 1 fully saturated rings. The monoisotopic (exact) mass is 343 g/mol. The van der Waals surface area contributed by atoms with Crippen LogP contribution in [-0.4, -0.2) is 34.9 Å². The number of benzene rings is 1. The highest BCUT2D eigenvalue weighted by atomic mass is 35.5. The predicted molar refractivity (Wildman–Crippen MR) is 82.3 cm³/mol. The van der Waals surface area contributed by atoms with E-state index in [1.807, 2.05) is 6.92 Å². The maximum atomic E-state index is 11.9. The van der Waals surface area contributed by atoms with Gasteiger partial charge in [0.05, 0.1) is 0 Å². The number of phenols is 1. The van der Waals surface area contributed by atoms with Gasteiger partial charge < -0.3 is 32.7 Å². The third kappa shape index (κ3) is 6.37. The first-order valence-electron chi connectivity index (χ1n) is 8.06. The summed E-state index contributed by atoms with van der Waals surface area (Å²) in [6, 6.07) is 6.30. The van der Waals surface area contributed by atoms with E-state index in [0.717, 1.165) is 31.2 Å². The standard InChI is InChI=1S/C17H25NO4.ClH/c1-12(17(21)13-7-9-14(19)10-8-13)18-11-16(20)22-15-5-3-2-4-6-15;/h7-10,12,15,17-19,21H,2-6,11H2,1H3;1H. The van der Waals surface area contributed by atoms with Crippen LogP contribution in [0.15, 0.2) is 24.3 Å². The third-order valence-corrected chi connectivity index (χ3v) is 4.24. The Morgan fingerprint density at radius 3 is 2.48 bits per heavy atom. The lowest BCUT2D eigenvalue weighted by Gasteiger charge is -2.22. The van der Waals surface area contributed by atoms with E-state index in [9.17, 15) is 15.0 Å². The molecular formula is C17H26ClNO4. The van der Waals surface area contributed by atoms with Crippen molar-refractivity contribution in [1.82, 2.24) is 0 Å². The summed E-state index contributed by atoms with van der Waals surface area (Å²) in [6.45, 7) is 2.08. The summed E-state index contributed by atoms with van der Waals surface area (Å²) in [4.78, 5) is 11.9. The molecule has 2 unspecified atom stereocenters. The van der Waals surface area contributed by atoms with Crippen LogP contribution in [-0.2, 0) is 9.53 Å². The molecule has 0 heterocycles. The number of aromatic hydroxyl groups is 1. The Kier molecular flexibility index (Phi) is 8.37. The minimum absolute atomic E-state index is 0. The molecule has 23 heavy (non-hydrogen) atoms. The first-order valence-corrected chi connectivity index (χ1v) is 8.06. The summed E-state index contributed by atoms with van der Waals surface area (Å²) in [5.41, 5.74) is 0.724. The highest BCUT2D eigenvalue weighted by Gasteiger charge is 2.22. The lowest BCUT2D eigenvalue weighted by molar-refractivity contribution is -0.685. The van der Waals surface area contributed by atoms with Crippen molar-refractivity contribution in [2.45, 2.75) is 57.3 Å². The molecule has 2 rings (SSSR count). The Morgan fingerprint density at radius 2 is 1.87 bits per heavy atom. The van der Waals surface area contributed by atoms with Crippen LogP contribution in [0.3, 0.4) is 0 Å². The van der Waals surface area contributed by atoms with Gasteiger partial charge in [0.25, 0.3) is 0 Å². The largest absolute Gasteiger partial charge is 1.00 e. The number of nitrogens with two attached hydrogens (primary N) is 1. The summed E-state index contributed by atoms with van der Waals surface area (Å²) in [7, 11) is 0. The van der Waals surface area contributed by atoms with E-state index in [1.54, 1.807) is 29.6 Å². The highest BCUT2D eigenvalue weighted by Crippen LogP contribution is 2.20. The lowest BCUT2D eigenvalue weighted by Crippen LogP contribution is -3.00. The SMILES string of the molecule is CC([NH2+]CC(=O)OC1CCCCC1)C(O)c1ccc(O)cc1.[Cl-]. The van der Waals surface area contributed by atoms with Crippen molar-refractivity contribution in [2.24, 2.45) is 0 Å². The second kappa shape index (κ2) is 9.75. The Morgan fingerprint density at radius 1 is 1.26 bits per heavy atom. The minimum Gasteiger partial charge on any atom is -1.00 e. The Labute approximate surface area is 143 Å². The number of aliphatic hydroxyl groups excluding tert-OH is 1. The van der Waals surface area contributed by atoms with Gasteiger partial charge in [-0.2, -0.15) is 0 Å². The van der Waals surface area contributed by atoms with Gasteiger partial charge >= 0.3 is 5.97 Å². The average Bonchev–Trinajstić information content (AvgIpc) is 2.53. The quantitative estimate of drug-likeness (QED) is 0.535. The van der Waals surface area contributed by atoms with Gasteiger partial charge in [-0.1, -0.05) is 18.6 Å². The summed E-state index contributed by atoms with van der Waals surface area (Å²) in [5.74, 6) is -0.0414. The van der Waals surface area contributed by atoms with Crippen LogP contribution in [0.25, 0.3) is 0 Å². The molecule has 0 radical (unpaired) electrons. The fraction of sp³-hybridized carbons (Fsp3) is 0.588. The number of hydrogen-bond acceptors (Lipinski definition) is 4. The van der Waals surface area contributed by atoms with E-state index < -0.39 is 6.10 Å². The van der Waals surface area contributed by atoms with Crippen LogP contribution >= 0.6 is 0 Å². The molecule has 2 atom stereocenters. The molecule has 130 valence electrons. The van der Waals surface area contributed by atoms with Gasteiger partial charge in [-0.05, 0) is 50.3 Å². The van der Waals surface area contributed by atoms with Crippen molar-refractivity contribution in [3.05, 3.63) is 29.8 Å². The number of halogens is 1. The molecule has 1 saturated carbocycles. The molecule has 0 amide bonds. The van der Waals surface area contributed by atoms with Gasteiger partial charge in [-0.25, -0.2) is 4.79 Å². The lowest BCUT2D eigenvalue weighted by atomic mass is 9.98. The van der Waals surface area contributed by atoms with Crippen LogP contribution < -0.4 is 17.7 Å². The highest BCUT2D eigenvalue weighted by molar-refractivity contribution is 5.70. The number of carbonyl (C=O) groups excluding carboxylic acids is 1. The molecule has 0 aromatic heterocycles. The Balaban J connectivity index is 0.00000264. The van der Waals surface area contributed by atoms with E-state index in [4.69, 9.17) is 4.74 Å². The fourth-order valence-corrected chi connectivity index (χ4v) is 2.80. The van der Waals surface area contributed by atoms with Gasteiger partial charge in [0.15, 0.2) is 6.54 Å². The summed E-state index contributed by atoms with van der Waals surface area (Å²) >= 11 is 0. The van der Waals surface area contributed by atoms with Crippen molar-refractivity contribution >= 4 is 5.97 Å². The van der Waals surface area contributed by atoms with E-state index in [1.165, 1.54) is 6.42 Å². The number of phenolic OH excluding ortho intramolecular Hbond substituents is 1. The van der Waals surface area contributed by atoms with Gasteiger partial charge in [-0.15, -0.1) is 0 Å². The van der Waals surface area contributed by atoms with E-state index in [2.05, 4.69) is 0 Å². The normalized spacial score (nSPS) is 17.8. The topological polar surface area (TPSA) is 83.4 Å². The predicted octanol–water partition coefficient (Wildman–Crippen LogP) is -1.74. The van der Waals surface area contributed by atoms with E-state index in [0.29, 0.717) is 0 Å². The molecule has 1 aliphatic carbocycles. The maximum absolute atomic E-state index is 11.9. The smallest absolute Gasteiger partial charge is 0.361 e. The molecule has 1 aliphatic rings. The van der Waals surface area contributed by atoms with E-state index in [-0.39, 0.29) is 42.8 Å². The summed E-state index contributed by atoms with van der Waals surface area (Å²) in [5, 5.41) is 21.3. The van der Waals surface area contributed by atoms with Gasteiger partial charge in [-0.3, -0.25) is 0 Å². The van der Waals surface area contributed by atoms with Crippen molar-refractivity contribution < 1.29 is 37.5 Å². The zero-order chi connectivity index (χ0) is 15.9. The van der Waals surface area contributed by atoms with Gasteiger partial charge in [0.2, 0.25) is 0 Å². The van der Waals surface area contributed by atoms with Crippen molar-refractivity contribution in [3.8, 4) is 5.75 Å². The molecular weight excluding hydrogens is 318 g/mol. The van der Waals surface area contributed by atoms with Crippen molar-refractivity contribution in [1.29, 1.82) is 0 Å². The molecule has 1 aromatic rings. The van der Waals surface area contributed by atoms with Crippen molar-refractivity contribution in [3.63, 3.8) is 0 Å². The average molecular weight is 344 g/mol. The summed E-state index contributed by atoms with van der Waals surface area (Å²) < 4.78 is 5.46. The molecule has 1 aromatic carbocycles. The molecule has 5 nitrogen and oxygen atoms in total. The molecule has 0 aliphatic heterocycles. The first-order chi connectivity index (χ1) is 10.6. The van der Waals surface area contributed by atoms with Gasteiger partial charge in [0, 0.05) is 0 Å². The zero-order valence-corrected chi connectivity index (χ0v) is 14.2. The minimum atomic E-state index is -0.692. The van der Waals surface area contributed by atoms with Crippen LogP contribution in [0.5, 0.6) is 5.75 Å². The number of carbonyl (C=O) groups is 1. The van der Waals surface area contributed by atoms with Crippen LogP contribution in [0.4, 0.5) is 0 Å². The number of ether oxygens (including phenoxy) is 1. The van der Waals surface area contributed by atoms with Crippen LogP contribution in [0.1, 0.15) is 50.7 Å². The summed E-state index contributed by atoms with van der Waals surface area (Å²) in [6.07, 6.45) is 4.83. The maximum Gasteiger partial charge on any atom is 0.361 e. The number of aliphatic hydroxyl groups is 1. The molecule has 0 bridgehead atoms.